The van der Waals surface area contributed by atoms with Crippen LogP contribution in [0, 0.1) is 12.8 Å². The Morgan fingerprint density at radius 3 is 2.29 bits per heavy atom. The largest absolute Gasteiger partial charge is 0.294 e. The van der Waals surface area contributed by atoms with E-state index in [0.29, 0.717) is 11.7 Å². The molecule has 1 aromatic carbocycles. The fourth-order valence-corrected chi connectivity index (χ4v) is 1.41. The third-order valence-electron chi connectivity index (χ3n) is 2.36. The molecule has 1 nitrogen and oxygen atoms in total. The van der Waals surface area contributed by atoms with Crippen LogP contribution in [0.25, 0.3) is 0 Å². The van der Waals surface area contributed by atoms with E-state index in [1.165, 1.54) is 0 Å². The molecule has 0 amide bonds. The number of carbonyl (C=O) groups excluding carboxylic acids is 1. The fourth-order valence-electron chi connectivity index (χ4n) is 1.41. The number of benzene rings is 1. The summed E-state index contributed by atoms with van der Waals surface area (Å²) in [7, 11) is 0. The third kappa shape index (κ3) is 2.44. The Balaban J connectivity index is 0.000000461. The zero-order valence-electron chi connectivity index (χ0n) is 9.21. The SMILES string of the molecule is CC.Cc1ccccc1C(=O)C1CC1. The summed E-state index contributed by atoms with van der Waals surface area (Å²) in [6, 6.07) is 7.83. The summed E-state index contributed by atoms with van der Waals surface area (Å²) >= 11 is 0. The summed E-state index contributed by atoms with van der Waals surface area (Å²) < 4.78 is 0. The van der Waals surface area contributed by atoms with Gasteiger partial charge in [-0.2, -0.15) is 0 Å². The first-order valence-corrected chi connectivity index (χ1v) is 5.39. The minimum Gasteiger partial charge on any atom is -0.294 e. The molecule has 0 saturated heterocycles. The molecule has 1 aromatic rings. The van der Waals surface area contributed by atoms with Gasteiger partial charge in [-0.1, -0.05) is 38.1 Å². The molecule has 0 N–H and O–H groups in total. The van der Waals surface area contributed by atoms with Gasteiger partial charge < -0.3 is 0 Å². The fraction of sp³-hybridized carbons (Fsp3) is 0.462. The highest BCUT2D eigenvalue weighted by Crippen LogP contribution is 2.33. The quantitative estimate of drug-likeness (QED) is 0.651. The normalized spacial score (nSPS) is 14.2. The van der Waals surface area contributed by atoms with Crippen LogP contribution in [-0.2, 0) is 0 Å². The second-order valence-electron chi connectivity index (χ2n) is 3.45. The molecule has 76 valence electrons. The second-order valence-corrected chi connectivity index (χ2v) is 3.45. The van der Waals surface area contributed by atoms with Crippen molar-refractivity contribution in [1.82, 2.24) is 0 Å². The zero-order chi connectivity index (χ0) is 10.6. The van der Waals surface area contributed by atoms with E-state index in [4.69, 9.17) is 0 Å². The molecule has 1 heteroatoms. The van der Waals surface area contributed by atoms with Crippen LogP contribution in [0.1, 0.15) is 42.6 Å². The summed E-state index contributed by atoms with van der Waals surface area (Å²) in [4.78, 5) is 11.6. The topological polar surface area (TPSA) is 17.1 Å². The van der Waals surface area contributed by atoms with Crippen LogP contribution in [0.5, 0.6) is 0 Å². The van der Waals surface area contributed by atoms with Gasteiger partial charge in [0, 0.05) is 11.5 Å². The van der Waals surface area contributed by atoms with Crippen molar-refractivity contribution in [2.75, 3.05) is 0 Å². The van der Waals surface area contributed by atoms with Gasteiger partial charge in [0.15, 0.2) is 5.78 Å². The standard InChI is InChI=1S/C11H12O.C2H6/c1-8-4-2-3-5-10(8)11(12)9-6-7-9;1-2/h2-5,9H,6-7H2,1H3;1-2H3. The lowest BCUT2D eigenvalue weighted by Gasteiger charge is -2.01. The highest BCUT2D eigenvalue weighted by molar-refractivity contribution is 6.00. The Morgan fingerprint density at radius 2 is 1.79 bits per heavy atom. The number of ketones is 1. The Hall–Kier alpha value is -1.11. The molecule has 1 saturated carbocycles. The van der Waals surface area contributed by atoms with E-state index in [1.807, 2.05) is 45.0 Å². The summed E-state index contributed by atoms with van der Waals surface area (Å²) in [6.07, 6.45) is 2.18. The molecule has 14 heavy (non-hydrogen) atoms. The molecule has 0 bridgehead atoms. The first-order valence-electron chi connectivity index (χ1n) is 5.39. The van der Waals surface area contributed by atoms with Crippen molar-refractivity contribution in [3.05, 3.63) is 35.4 Å². The van der Waals surface area contributed by atoms with Crippen molar-refractivity contribution in [3.8, 4) is 0 Å². The lowest BCUT2D eigenvalue weighted by molar-refractivity contribution is 0.0967. The number of carbonyl (C=O) groups is 1. The molecule has 0 aromatic heterocycles. The lowest BCUT2D eigenvalue weighted by Crippen LogP contribution is -2.02. The van der Waals surface area contributed by atoms with Gasteiger partial charge in [0.2, 0.25) is 0 Å². The van der Waals surface area contributed by atoms with E-state index in [0.717, 1.165) is 24.0 Å². The number of hydrogen-bond donors (Lipinski definition) is 0. The Kier molecular flexibility index (Phi) is 3.87. The van der Waals surface area contributed by atoms with Gasteiger partial charge >= 0.3 is 0 Å². The Morgan fingerprint density at radius 1 is 1.21 bits per heavy atom. The minimum absolute atomic E-state index is 0.339. The summed E-state index contributed by atoms with van der Waals surface area (Å²) in [6.45, 7) is 6.00. The molecular weight excluding hydrogens is 172 g/mol. The van der Waals surface area contributed by atoms with E-state index in [2.05, 4.69) is 0 Å². The van der Waals surface area contributed by atoms with E-state index in [9.17, 15) is 4.79 Å². The van der Waals surface area contributed by atoms with E-state index in [1.54, 1.807) is 0 Å². The Labute approximate surface area is 86.1 Å². The molecule has 1 fully saturated rings. The molecule has 0 aliphatic heterocycles. The molecule has 0 heterocycles. The smallest absolute Gasteiger partial charge is 0.166 e. The van der Waals surface area contributed by atoms with Crippen LogP contribution >= 0.6 is 0 Å². The van der Waals surface area contributed by atoms with Crippen LogP contribution in [0.4, 0.5) is 0 Å². The maximum absolute atomic E-state index is 11.6. The van der Waals surface area contributed by atoms with Gasteiger partial charge in [0.1, 0.15) is 0 Å². The lowest BCUT2D eigenvalue weighted by atomic mass is 10.0. The predicted molar refractivity (Wildman–Crippen MR) is 59.6 cm³/mol. The van der Waals surface area contributed by atoms with Gasteiger partial charge in [-0.05, 0) is 25.3 Å². The van der Waals surface area contributed by atoms with E-state index < -0.39 is 0 Å². The van der Waals surface area contributed by atoms with Crippen LogP contribution in [-0.4, -0.2) is 5.78 Å². The molecule has 0 spiro atoms. The van der Waals surface area contributed by atoms with Crippen molar-refractivity contribution >= 4 is 5.78 Å². The van der Waals surface area contributed by atoms with E-state index in [-0.39, 0.29) is 0 Å². The molecule has 0 unspecified atom stereocenters. The van der Waals surface area contributed by atoms with Crippen molar-refractivity contribution in [2.45, 2.75) is 33.6 Å². The van der Waals surface area contributed by atoms with Gasteiger partial charge in [0.05, 0.1) is 0 Å². The number of Topliss-reactive ketones (excluding diaryl/α,β-unsaturated/α-hetero) is 1. The van der Waals surface area contributed by atoms with Crippen molar-refractivity contribution < 1.29 is 4.79 Å². The first-order chi connectivity index (χ1) is 6.79. The molecule has 0 atom stereocenters. The number of rotatable bonds is 2. The predicted octanol–water partition coefficient (Wildman–Crippen LogP) is 3.61. The van der Waals surface area contributed by atoms with Crippen LogP contribution in [0.3, 0.4) is 0 Å². The van der Waals surface area contributed by atoms with Gasteiger partial charge in [-0.3, -0.25) is 4.79 Å². The summed E-state index contributed by atoms with van der Waals surface area (Å²) in [5, 5.41) is 0. The third-order valence-corrected chi connectivity index (χ3v) is 2.36. The zero-order valence-corrected chi connectivity index (χ0v) is 9.21. The maximum Gasteiger partial charge on any atom is 0.166 e. The average Bonchev–Trinajstić information content (AvgIpc) is 3.04. The average molecular weight is 190 g/mol. The highest BCUT2D eigenvalue weighted by Gasteiger charge is 2.30. The van der Waals surface area contributed by atoms with Gasteiger partial charge in [0.25, 0.3) is 0 Å². The van der Waals surface area contributed by atoms with Crippen molar-refractivity contribution in [1.29, 1.82) is 0 Å². The molecule has 0 radical (unpaired) electrons. The number of aryl methyl sites for hydroxylation is 1. The molecule has 1 aliphatic rings. The van der Waals surface area contributed by atoms with Crippen molar-refractivity contribution in [2.24, 2.45) is 5.92 Å². The van der Waals surface area contributed by atoms with Crippen LogP contribution in [0.15, 0.2) is 24.3 Å². The van der Waals surface area contributed by atoms with Crippen LogP contribution < -0.4 is 0 Å². The molecule has 1 aliphatic carbocycles. The summed E-state index contributed by atoms with van der Waals surface area (Å²) in [5.74, 6) is 0.680. The van der Waals surface area contributed by atoms with Gasteiger partial charge in [-0.25, -0.2) is 0 Å². The minimum atomic E-state index is 0.339. The maximum atomic E-state index is 11.6. The number of hydrogen-bond acceptors (Lipinski definition) is 1. The highest BCUT2D eigenvalue weighted by atomic mass is 16.1. The summed E-state index contributed by atoms with van der Waals surface area (Å²) in [5.41, 5.74) is 2.02. The second kappa shape index (κ2) is 4.94. The van der Waals surface area contributed by atoms with Crippen molar-refractivity contribution in [3.63, 3.8) is 0 Å². The van der Waals surface area contributed by atoms with Crippen LogP contribution in [0.2, 0.25) is 0 Å². The monoisotopic (exact) mass is 190 g/mol. The van der Waals surface area contributed by atoms with E-state index >= 15 is 0 Å². The molecular formula is C13H18O. The molecule has 2 rings (SSSR count). The Bertz CT molecular complexity index is 311. The first kappa shape index (κ1) is 11.0. The van der Waals surface area contributed by atoms with Gasteiger partial charge in [-0.15, -0.1) is 0 Å².